The second kappa shape index (κ2) is 4.03. The average molecular weight is 177 g/mol. The quantitative estimate of drug-likeness (QED) is 0.672. The van der Waals surface area contributed by atoms with Crippen LogP contribution in [0.5, 0.6) is 0 Å². The van der Waals surface area contributed by atoms with Crippen LogP contribution >= 0.6 is 0 Å². The highest BCUT2D eigenvalue weighted by Gasteiger charge is 1.99. The molecule has 0 aliphatic rings. The lowest BCUT2D eigenvalue weighted by Crippen LogP contribution is -1.84. The highest BCUT2D eigenvalue weighted by atomic mass is 15.1. The maximum absolute atomic E-state index is 4.28. The van der Waals surface area contributed by atoms with Crippen molar-refractivity contribution in [1.82, 2.24) is 15.2 Å². The first kappa shape index (κ1) is 9.71. The van der Waals surface area contributed by atoms with Crippen LogP contribution in [0.25, 0.3) is 11.0 Å². The Hall–Kier alpha value is -1.38. The Morgan fingerprint density at radius 2 is 1.92 bits per heavy atom. The summed E-state index contributed by atoms with van der Waals surface area (Å²) in [5, 5.41) is 7.86. The van der Waals surface area contributed by atoms with Crippen LogP contribution in [0.15, 0.2) is 12.3 Å². The minimum Gasteiger partial charge on any atom is -0.261 e. The van der Waals surface area contributed by atoms with E-state index in [2.05, 4.69) is 28.2 Å². The van der Waals surface area contributed by atoms with E-state index in [9.17, 15) is 0 Å². The molecule has 1 N–H and O–H groups in total. The van der Waals surface area contributed by atoms with Crippen molar-refractivity contribution >= 4 is 11.0 Å². The minimum absolute atomic E-state index is 0.877. The molecule has 3 heteroatoms. The van der Waals surface area contributed by atoms with Crippen molar-refractivity contribution in [3.05, 3.63) is 23.5 Å². The third kappa shape index (κ3) is 1.86. The van der Waals surface area contributed by atoms with Gasteiger partial charge in [-0.1, -0.05) is 13.8 Å². The standard InChI is InChI=1S/C8H9N3.C2H6/c1-5-3-6(2)10-8-7(5)4-9-11-8;1-2/h3-4H,1-2H3,(H,9,10,11);1-2H3. The minimum atomic E-state index is 0.877. The Balaban J connectivity index is 0.000000396. The van der Waals surface area contributed by atoms with Crippen LogP contribution < -0.4 is 0 Å². The number of hydrogen-bond acceptors (Lipinski definition) is 2. The van der Waals surface area contributed by atoms with E-state index in [0.717, 1.165) is 16.7 Å². The van der Waals surface area contributed by atoms with Gasteiger partial charge in [0.15, 0.2) is 5.65 Å². The molecule has 0 atom stereocenters. The van der Waals surface area contributed by atoms with Gasteiger partial charge in [-0.15, -0.1) is 0 Å². The van der Waals surface area contributed by atoms with Gasteiger partial charge in [0.25, 0.3) is 0 Å². The van der Waals surface area contributed by atoms with Crippen molar-refractivity contribution in [2.24, 2.45) is 0 Å². The monoisotopic (exact) mass is 177 g/mol. The molecule has 13 heavy (non-hydrogen) atoms. The van der Waals surface area contributed by atoms with Crippen LogP contribution in [0.3, 0.4) is 0 Å². The number of nitrogens with zero attached hydrogens (tertiary/aromatic N) is 2. The van der Waals surface area contributed by atoms with Gasteiger partial charge in [0, 0.05) is 11.1 Å². The molecule has 0 radical (unpaired) electrons. The van der Waals surface area contributed by atoms with E-state index in [1.54, 1.807) is 6.20 Å². The maximum Gasteiger partial charge on any atom is 0.155 e. The second-order valence-corrected chi connectivity index (χ2v) is 2.71. The molecule has 70 valence electrons. The Bertz CT molecular complexity index is 390. The van der Waals surface area contributed by atoms with Gasteiger partial charge in [0.2, 0.25) is 0 Å². The topological polar surface area (TPSA) is 41.6 Å². The first-order valence-corrected chi connectivity index (χ1v) is 4.55. The van der Waals surface area contributed by atoms with Gasteiger partial charge in [-0.05, 0) is 25.5 Å². The molecule has 2 aromatic rings. The molecule has 0 aliphatic heterocycles. The van der Waals surface area contributed by atoms with E-state index in [1.807, 2.05) is 20.8 Å². The second-order valence-electron chi connectivity index (χ2n) is 2.71. The predicted octanol–water partition coefficient (Wildman–Crippen LogP) is 2.60. The number of rotatable bonds is 0. The molecular formula is C10H15N3. The van der Waals surface area contributed by atoms with Gasteiger partial charge >= 0.3 is 0 Å². The summed E-state index contributed by atoms with van der Waals surface area (Å²) >= 11 is 0. The molecule has 0 aromatic carbocycles. The van der Waals surface area contributed by atoms with Crippen LogP contribution in [0.2, 0.25) is 0 Å². The molecule has 0 spiro atoms. The lowest BCUT2D eigenvalue weighted by Gasteiger charge is -1.95. The van der Waals surface area contributed by atoms with E-state index in [-0.39, 0.29) is 0 Å². The number of H-pyrrole nitrogens is 1. The summed E-state index contributed by atoms with van der Waals surface area (Å²) in [4.78, 5) is 4.28. The summed E-state index contributed by atoms with van der Waals surface area (Å²) in [6.07, 6.45) is 1.80. The number of nitrogens with one attached hydrogen (secondary N) is 1. The Kier molecular flexibility index (Phi) is 3.01. The molecule has 0 saturated heterocycles. The fourth-order valence-corrected chi connectivity index (χ4v) is 1.25. The third-order valence-electron chi connectivity index (χ3n) is 1.76. The van der Waals surface area contributed by atoms with Crippen LogP contribution in [-0.4, -0.2) is 15.2 Å². The molecule has 2 rings (SSSR count). The van der Waals surface area contributed by atoms with E-state index in [4.69, 9.17) is 0 Å². The van der Waals surface area contributed by atoms with Crippen LogP contribution in [0.1, 0.15) is 25.1 Å². The molecule has 0 amide bonds. The highest BCUT2D eigenvalue weighted by molar-refractivity contribution is 5.77. The zero-order chi connectivity index (χ0) is 9.84. The number of aromatic amines is 1. The summed E-state index contributed by atoms with van der Waals surface area (Å²) in [5.74, 6) is 0. The summed E-state index contributed by atoms with van der Waals surface area (Å²) < 4.78 is 0. The third-order valence-corrected chi connectivity index (χ3v) is 1.76. The molecule has 2 heterocycles. The average Bonchev–Trinajstić information content (AvgIpc) is 2.55. The highest BCUT2D eigenvalue weighted by Crippen LogP contribution is 2.13. The number of aromatic nitrogens is 3. The zero-order valence-corrected chi connectivity index (χ0v) is 8.55. The Morgan fingerprint density at radius 1 is 1.23 bits per heavy atom. The number of aryl methyl sites for hydroxylation is 2. The number of hydrogen-bond donors (Lipinski definition) is 1. The Labute approximate surface area is 78.2 Å². The zero-order valence-electron chi connectivity index (χ0n) is 8.55. The van der Waals surface area contributed by atoms with Crippen molar-refractivity contribution < 1.29 is 0 Å². The fraction of sp³-hybridized carbons (Fsp3) is 0.400. The number of fused-ring (bicyclic) bond motifs is 1. The van der Waals surface area contributed by atoms with Crippen molar-refractivity contribution in [2.45, 2.75) is 27.7 Å². The van der Waals surface area contributed by atoms with Crippen LogP contribution in [0, 0.1) is 13.8 Å². The van der Waals surface area contributed by atoms with Crippen molar-refractivity contribution in [3.63, 3.8) is 0 Å². The van der Waals surface area contributed by atoms with Gasteiger partial charge in [-0.25, -0.2) is 4.98 Å². The van der Waals surface area contributed by atoms with Crippen molar-refractivity contribution in [1.29, 1.82) is 0 Å². The van der Waals surface area contributed by atoms with Gasteiger partial charge < -0.3 is 0 Å². The van der Waals surface area contributed by atoms with Gasteiger partial charge in [0.1, 0.15) is 0 Å². The molecule has 0 saturated carbocycles. The predicted molar refractivity (Wildman–Crippen MR) is 54.7 cm³/mol. The van der Waals surface area contributed by atoms with E-state index in [0.29, 0.717) is 0 Å². The lowest BCUT2D eigenvalue weighted by molar-refractivity contribution is 1.09. The Morgan fingerprint density at radius 3 is 2.62 bits per heavy atom. The lowest BCUT2D eigenvalue weighted by atomic mass is 10.2. The SMILES string of the molecule is CC.Cc1cc(C)c2cn[nH]c2n1. The van der Waals surface area contributed by atoms with Crippen molar-refractivity contribution in [2.75, 3.05) is 0 Å². The van der Waals surface area contributed by atoms with Gasteiger partial charge in [-0.2, -0.15) is 5.10 Å². The summed E-state index contributed by atoms with van der Waals surface area (Å²) in [6, 6.07) is 2.05. The maximum atomic E-state index is 4.28. The molecule has 0 aliphatic carbocycles. The summed E-state index contributed by atoms with van der Waals surface area (Å²) in [6.45, 7) is 8.04. The van der Waals surface area contributed by atoms with Crippen molar-refractivity contribution in [3.8, 4) is 0 Å². The normalized spacial score (nSPS) is 9.54. The molecular weight excluding hydrogens is 162 g/mol. The largest absolute Gasteiger partial charge is 0.261 e. The molecule has 0 fully saturated rings. The summed E-state index contributed by atoms with van der Waals surface area (Å²) in [7, 11) is 0. The van der Waals surface area contributed by atoms with E-state index < -0.39 is 0 Å². The summed E-state index contributed by atoms with van der Waals surface area (Å²) in [5.41, 5.74) is 3.13. The van der Waals surface area contributed by atoms with Gasteiger partial charge in [0.05, 0.1) is 6.20 Å². The first-order chi connectivity index (χ1) is 6.27. The fourth-order valence-electron chi connectivity index (χ4n) is 1.25. The van der Waals surface area contributed by atoms with Crippen LogP contribution in [0.4, 0.5) is 0 Å². The van der Waals surface area contributed by atoms with E-state index >= 15 is 0 Å². The van der Waals surface area contributed by atoms with E-state index in [1.165, 1.54) is 5.56 Å². The molecule has 0 bridgehead atoms. The molecule has 3 nitrogen and oxygen atoms in total. The smallest absolute Gasteiger partial charge is 0.155 e. The number of pyridine rings is 1. The molecule has 2 aromatic heterocycles. The van der Waals surface area contributed by atoms with Gasteiger partial charge in [-0.3, -0.25) is 5.10 Å². The van der Waals surface area contributed by atoms with Crippen LogP contribution in [-0.2, 0) is 0 Å². The first-order valence-electron chi connectivity index (χ1n) is 4.55. The molecule has 0 unspecified atom stereocenters.